The lowest BCUT2D eigenvalue weighted by Gasteiger charge is -2.06. The Bertz CT molecular complexity index is 145. The quantitative estimate of drug-likeness (QED) is 0.363. The number of hydrogen-bond acceptors (Lipinski definition) is 4. The fraction of sp³-hybridized carbons (Fsp3) is 0.600. The van der Waals surface area contributed by atoms with Gasteiger partial charge in [0.05, 0.1) is 6.61 Å². The zero-order chi connectivity index (χ0) is 8.15. The maximum atomic E-state index is 10.3. The molecule has 0 aromatic carbocycles. The molecule has 0 saturated heterocycles. The van der Waals surface area contributed by atoms with Crippen molar-refractivity contribution < 1.29 is 19.4 Å². The van der Waals surface area contributed by atoms with E-state index in [1.54, 1.807) is 0 Å². The van der Waals surface area contributed by atoms with E-state index in [4.69, 9.17) is 5.11 Å². The molecule has 1 amide bonds. The number of carbonyl (C=O) groups is 2. The largest absolute Gasteiger partial charge is 0.453 e. The van der Waals surface area contributed by atoms with Crippen LogP contribution in [0, 0.1) is 0 Å². The third-order valence-electron chi connectivity index (χ3n) is 0.767. The van der Waals surface area contributed by atoms with Crippen LogP contribution in [0.1, 0.15) is 6.92 Å². The summed E-state index contributed by atoms with van der Waals surface area (Å²) in [6.07, 6.45) is -0.681. The van der Waals surface area contributed by atoms with E-state index in [0.29, 0.717) is 0 Å². The van der Waals surface area contributed by atoms with Crippen molar-refractivity contribution >= 4 is 11.9 Å². The van der Waals surface area contributed by atoms with Crippen LogP contribution in [0.4, 0.5) is 0 Å². The van der Waals surface area contributed by atoms with E-state index in [9.17, 15) is 9.59 Å². The minimum atomic E-state index is -1.15. The summed E-state index contributed by atoms with van der Waals surface area (Å²) in [7, 11) is 0. The van der Waals surface area contributed by atoms with Gasteiger partial charge in [-0.05, 0) is 6.92 Å². The summed E-state index contributed by atoms with van der Waals surface area (Å²) in [6.45, 7) is 1.12. The van der Waals surface area contributed by atoms with E-state index in [1.165, 1.54) is 6.92 Å². The molecule has 0 aromatic heterocycles. The van der Waals surface area contributed by atoms with Gasteiger partial charge in [-0.2, -0.15) is 0 Å². The van der Waals surface area contributed by atoms with E-state index in [0.717, 1.165) is 0 Å². The molecule has 5 nitrogen and oxygen atoms in total. The first-order valence-corrected chi connectivity index (χ1v) is 2.69. The Morgan fingerprint density at radius 1 is 1.70 bits per heavy atom. The first kappa shape index (κ1) is 8.90. The molecule has 3 N–H and O–H groups in total. The van der Waals surface area contributed by atoms with Crippen LogP contribution in [-0.4, -0.2) is 29.7 Å². The highest BCUT2D eigenvalue weighted by Gasteiger charge is 2.13. The molecule has 1 atom stereocenters. The highest BCUT2D eigenvalue weighted by atomic mass is 16.6. The second-order valence-electron chi connectivity index (χ2n) is 1.76. The predicted octanol–water partition coefficient (Wildman–Crippen LogP) is -1.60. The molecule has 1 unspecified atom stereocenters. The second-order valence-corrected chi connectivity index (χ2v) is 1.76. The summed E-state index contributed by atoms with van der Waals surface area (Å²) in [4.78, 5) is 20.3. The van der Waals surface area contributed by atoms with E-state index in [-0.39, 0.29) is 6.61 Å². The van der Waals surface area contributed by atoms with Crippen molar-refractivity contribution in [2.24, 2.45) is 5.73 Å². The third-order valence-corrected chi connectivity index (χ3v) is 0.767. The van der Waals surface area contributed by atoms with Gasteiger partial charge >= 0.3 is 11.9 Å². The summed E-state index contributed by atoms with van der Waals surface area (Å²) in [5.74, 6) is -2.28. The Balaban J connectivity index is 3.68. The number of aliphatic hydroxyl groups excluding tert-OH is 1. The standard InChI is InChI=1S/C5H9NO4/c1-3(2-7)10-5(9)4(6)8/h3,7H,2H2,1H3,(H2,6,8). The number of aliphatic hydroxyl groups is 1. The minimum Gasteiger partial charge on any atom is -0.453 e. The Labute approximate surface area is 57.8 Å². The fourth-order valence-corrected chi connectivity index (χ4v) is 0.278. The van der Waals surface area contributed by atoms with Gasteiger partial charge in [-0.1, -0.05) is 0 Å². The number of primary amides is 1. The SMILES string of the molecule is CC(CO)OC(=O)C(N)=O. The summed E-state index contributed by atoms with van der Waals surface area (Å²) >= 11 is 0. The average molecular weight is 147 g/mol. The van der Waals surface area contributed by atoms with Crippen molar-refractivity contribution in [1.82, 2.24) is 0 Å². The van der Waals surface area contributed by atoms with Crippen molar-refractivity contribution in [1.29, 1.82) is 0 Å². The van der Waals surface area contributed by atoms with Gasteiger partial charge < -0.3 is 15.6 Å². The molecule has 0 saturated carbocycles. The topological polar surface area (TPSA) is 89.6 Å². The number of ether oxygens (including phenoxy) is 1. The van der Waals surface area contributed by atoms with E-state index < -0.39 is 18.0 Å². The zero-order valence-corrected chi connectivity index (χ0v) is 5.53. The molecule has 58 valence electrons. The second kappa shape index (κ2) is 3.84. The molecular formula is C5H9NO4. The Morgan fingerprint density at radius 2 is 2.20 bits per heavy atom. The number of esters is 1. The molecule has 0 aliphatic carbocycles. The van der Waals surface area contributed by atoms with Crippen molar-refractivity contribution in [2.75, 3.05) is 6.61 Å². The lowest BCUT2D eigenvalue weighted by atomic mass is 10.4. The summed E-state index contributed by atoms with van der Waals surface area (Å²) < 4.78 is 4.30. The number of rotatable bonds is 2. The summed E-state index contributed by atoms with van der Waals surface area (Å²) in [5.41, 5.74) is 4.54. The molecule has 0 radical (unpaired) electrons. The van der Waals surface area contributed by atoms with E-state index in [1.807, 2.05) is 0 Å². The lowest BCUT2D eigenvalue weighted by Crippen LogP contribution is -2.29. The Kier molecular flexibility index (Phi) is 3.42. The molecular weight excluding hydrogens is 138 g/mol. The van der Waals surface area contributed by atoms with Gasteiger partial charge in [-0.3, -0.25) is 4.79 Å². The van der Waals surface area contributed by atoms with Crippen LogP contribution in [0.5, 0.6) is 0 Å². The van der Waals surface area contributed by atoms with Gasteiger partial charge in [0, 0.05) is 0 Å². The molecule has 0 heterocycles. The van der Waals surface area contributed by atoms with Gasteiger partial charge in [0.25, 0.3) is 0 Å². The van der Waals surface area contributed by atoms with E-state index in [2.05, 4.69) is 10.5 Å². The first-order valence-electron chi connectivity index (χ1n) is 2.69. The normalized spacial score (nSPS) is 12.2. The van der Waals surface area contributed by atoms with Crippen LogP contribution >= 0.6 is 0 Å². The predicted molar refractivity (Wildman–Crippen MR) is 31.8 cm³/mol. The van der Waals surface area contributed by atoms with Gasteiger partial charge in [-0.15, -0.1) is 0 Å². The number of nitrogens with two attached hydrogens (primary N) is 1. The van der Waals surface area contributed by atoms with Crippen LogP contribution in [0.2, 0.25) is 0 Å². The van der Waals surface area contributed by atoms with Gasteiger partial charge in [0.2, 0.25) is 0 Å². The lowest BCUT2D eigenvalue weighted by molar-refractivity contribution is -0.158. The maximum absolute atomic E-state index is 10.3. The molecule has 0 spiro atoms. The smallest absolute Gasteiger partial charge is 0.396 e. The number of carbonyl (C=O) groups excluding carboxylic acids is 2. The Hall–Kier alpha value is -1.10. The minimum absolute atomic E-state index is 0.320. The molecule has 0 fully saturated rings. The Morgan fingerprint density at radius 3 is 2.50 bits per heavy atom. The molecule has 0 aliphatic heterocycles. The number of hydrogen-bond donors (Lipinski definition) is 2. The van der Waals surface area contributed by atoms with Crippen molar-refractivity contribution in [3.8, 4) is 0 Å². The maximum Gasteiger partial charge on any atom is 0.396 e. The zero-order valence-electron chi connectivity index (χ0n) is 5.53. The van der Waals surface area contributed by atoms with Crippen molar-refractivity contribution in [3.63, 3.8) is 0 Å². The average Bonchev–Trinajstić information content (AvgIpc) is 1.87. The third kappa shape index (κ3) is 3.03. The highest BCUT2D eigenvalue weighted by molar-refractivity contribution is 6.31. The van der Waals surface area contributed by atoms with Crippen LogP contribution in [0.3, 0.4) is 0 Å². The summed E-state index contributed by atoms with van der Waals surface area (Å²) in [5, 5.41) is 8.34. The number of amides is 1. The molecule has 0 aliphatic rings. The van der Waals surface area contributed by atoms with Crippen LogP contribution in [-0.2, 0) is 14.3 Å². The monoisotopic (exact) mass is 147 g/mol. The molecule has 0 bridgehead atoms. The van der Waals surface area contributed by atoms with E-state index >= 15 is 0 Å². The molecule has 10 heavy (non-hydrogen) atoms. The van der Waals surface area contributed by atoms with Crippen LogP contribution < -0.4 is 5.73 Å². The van der Waals surface area contributed by atoms with Crippen LogP contribution in [0.15, 0.2) is 0 Å². The molecule has 0 rings (SSSR count). The van der Waals surface area contributed by atoms with Gasteiger partial charge in [0.1, 0.15) is 6.10 Å². The molecule has 5 heteroatoms. The van der Waals surface area contributed by atoms with Crippen LogP contribution in [0.25, 0.3) is 0 Å². The highest BCUT2D eigenvalue weighted by Crippen LogP contribution is 1.87. The molecule has 0 aromatic rings. The fourth-order valence-electron chi connectivity index (χ4n) is 0.278. The van der Waals surface area contributed by atoms with Crippen molar-refractivity contribution in [2.45, 2.75) is 13.0 Å². The first-order chi connectivity index (χ1) is 4.57. The van der Waals surface area contributed by atoms with Crippen molar-refractivity contribution in [3.05, 3.63) is 0 Å². The van der Waals surface area contributed by atoms with Gasteiger partial charge in [0.15, 0.2) is 0 Å². The summed E-state index contributed by atoms with van der Waals surface area (Å²) in [6, 6.07) is 0. The van der Waals surface area contributed by atoms with Gasteiger partial charge in [-0.25, -0.2) is 4.79 Å².